The fourth-order valence-corrected chi connectivity index (χ4v) is 5.24. The summed E-state index contributed by atoms with van der Waals surface area (Å²) in [7, 11) is 0. The van der Waals surface area contributed by atoms with E-state index in [0.29, 0.717) is 32.2 Å². The van der Waals surface area contributed by atoms with Crippen LogP contribution in [0.15, 0.2) is 6.07 Å². The van der Waals surface area contributed by atoms with Crippen LogP contribution in [0.1, 0.15) is 68.7 Å². The minimum atomic E-state index is -0.280. The molecule has 1 amide bonds. The number of benzene rings is 1. The fraction of sp³-hybridized carbons (Fsp3) is 0.692. The second-order valence-corrected chi connectivity index (χ2v) is 10.5. The van der Waals surface area contributed by atoms with Gasteiger partial charge in [0.2, 0.25) is 5.91 Å². The molecule has 2 heterocycles. The number of ether oxygens (including phenoxy) is 2. The second kappa shape index (κ2) is 9.61. The van der Waals surface area contributed by atoms with Crippen molar-refractivity contribution >= 4 is 11.6 Å². The maximum absolute atomic E-state index is 12.8. The van der Waals surface area contributed by atoms with E-state index in [0.717, 1.165) is 23.2 Å². The molecule has 0 spiro atoms. The predicted molar refractivity (Wildman–Crippen MR) is 126 cm³/mol. The average Bonchev–Trinajstić information content (AvgIpc) is 3.62. The molecule has 1 saturated carbocycles. The van der Waals surface area contributed by atoms with Gasteiger partial charge in [0.25, 0.3) is 0 Å². The lowest BCUT2D eigenvalue weighted by molar-refractivity contribution is -0.140. The molecule has 2 aliphatic heterocycles. The van der Waals surface area contributed by atoms with Gasteiger partial charge in [-0.1, -0.05) is 13.8 Å². The van der Waals surface area contributed by atoms with Crippen molar-refractivity contribution in [1.82, 2.24) is 4.90 Å². The first-order chi connectivity index (χ1) is 15.8. The summed E-state index contributed by atoms with van der Waals surface area (Å²) >= 11 is 0. The van der Waals surface area contributed by atoms with Gasteiger partial charge in [-0.2, -0.15) is 5.26 Å². The summed E-state index contributed by atoms with van der Waals surface area (Å²) in [5, 5.41) is 19.2. The number of piperazine rings is 1. The number of hydrogen-bond donors (Lipinski definition) is 1. The maximum atomic E-state index is 12.8. The predicted octanol–water partition coefficient (Wildman–Crippen LogP) is 2.97. The SMILES string of the molecule is CC(C)C1CN(c2cc(C3CC3)c3c(c2C#N)CC(C)(C)OC3)CCN1C(=O)COCCO. The molecule has 1 N–H and O–H groups in total. The van der Waals surface area contributed by atoms with Crippen LogP contribution in [0.5, 0.6) is 0 Å². The van der Waals surface area contributed by atoms with Crippen LogP contribution in [-0.4, -0.2) is 67.0 Å². The highest BCUT2D eigenvalue weighted by molar-refractivity contribution is 5.78. The van der Waals surface area contributed by atoms with Crippen LogP contribution in [0.4, 0.5) is 5.69 Å². The zero-order valence-electron chi connectivity index (χ0n) is 20.4. The first-order valence-electron chi connectivity index (χ1n) is 12.2. The summed E-state index contributed by atoms with van der Waals surface area (Å²) in [4.78, 5) is 17.0. The van der Waals surface area contributed by atoms with E-state index in [1.54, 1.807) is 0 Å². The van der Waals surface area contributed by atoms with Crippen LogP contribution < -0.4 is 4.90 Å². The molecule has 1 saturated heterocycles. The molecule has 1 unspecified atom stereocenters. The molecule has 1 aromatic rings. The Hall–Kier alpha value is -2.14. The van der Waals surface area contributed by atoms with E-state index in [2.05, 4.69) is 44.7 Å². The number of nitrogens with zero attached hydrogens (tertiary/aromatic N) is 3. The summed E-state index contributed by atoms with van der Waals surface area (Å²) in [6.45, 7) is 11.1. The fourth-order valence-electron chi connectivity index (χ4n) is 5.24. The van der Waals surface area contributed by atoms with Gasteiger partial charge in [-0.15, -0.1) is 0 Å². The summed E-state index contributed by atoms with van der Waals surface area (Å²) < 4.78 is 11.4. The van der Waals surface area contributed by atoms with Crippen LogP contribution in [-0.2, 0) is 27.3 Å². The van der Waals surface area contributed by atoms with E-state index in [-0.39, 0.29) is 43.3 Å². The van der Waals surface area contributed by atoms with E-state index in [1.165, 1.54) is 24.0 Å². The lowest BCUT2D eigenvalue weighted by Gasteiger charge is -2.45. The highest BCUT2D eigenvalue weighted by Crippen LogP contribution is 2.47. The number of carbonyl (C=O) groups excluding carboxylic acids is 1. The topological polar surface area (TPSA) is 86.0 Å². The number of fused-ring (bicyclic) bond motifs is 1. The molecule has 3 aliphatic rings. The molecule has 0 aromatic heterocycles. The Morgan fingerprint density at radius 1 is 1.33 bits per heavy atom. The highest BCUT2D eigenvalue weighted by atomic mass is 16.5. The van der Waals surface area contributed by atoms with Gasteiger partial charge < -0.3 is 24.4 Å². The molecule has 33 heavy (non-hydrogen) atoms. The van der Waals surface area contributed by atoms with Crippen LogP contribution in [0.2, 0.25) is 0 Å². The van der Waals surface area contributed by atoms with Crippen LogP contribution in [0.3, 0.4) is 0 Å². The normalized spacial score (nSPS) is 22.3. The monoisotopic (exact) mass is 455 g/mol. The van der Waals surface area contributed by atoms with Gasteiger partial charge in [0.15, 0.2) is 0 Å². The molecule has 2 fully saturated rings. The Labute approximate surface area is 197 Å². The first-order valence-corrected chi connectivity index (χ1v) is 12.2. The smallest absolute Gasteiger partial charge is 0.248 e. The van der Waals surface area contributed by atoms with Crippen LogP contribution in [0, 0.1) is 17.2 Å². The largest absolute Gasteiger partial charge is 0.394 e. The second-order valence-electron chi connectivity index (χ2n) is 10.5. The van der Waals surface area contributed by atoms with E-state index in [4.69, 9.17) is 14.6 Å². The van der Waals surface area contributed by atoms with Gasteiger partial charge in [0.1, 0.15) is 12.7 Å². The molecule has 1 aromatic carbocycles. The quantitative estimate of drug-likeness (QED) is 0.636. The number of anilines is 1. The van der Waals surface area contributed by atoms with Crippen LogP contribution in [0.25, 0.3) is 0 Å². The zero-order valence-corrected chi connectivity index (χ0v) is 20.4. The van der Waals surface area contributed by atoms with Crippen molar-refractivity contribution in [2.45, 2.75) is 71.1 Å². The third-order valence-electron chi connectivity index (χ3n) is 7.21. The van der Waals surface area contributed by atoms with Crippen molar-refractivity contribution in [3.05, 3.63) is 28.3 Å². The van der Waals surface area contributed by atoms with E-state index >= 15 is 0 Å². The Morgan fingerprint density at radius 3 is 2.73 bits per heavy atom. The summed E-state index contributed by atoms with van der Waals surface area (Å²) in [5.41, 5.74) is 5.26. The molecule has 4 rings (SSSR count). The Kier molecular flexibility index (Phi) is 6.99. The number of amides is 1. The van der Waals surface area contributed by atoms with Crippen molar-refractivity contribution in [2.75, 3.05) is 44.4 Å². The van der Waals surface area contributed by atoms with Gasteiger partial charge in [-0.25, -0.2) is 0 Å². The number of aliphatic hydroxyl groups excluding tert-OH is 1. The van der Waals surface area contributed by atoms with E-state index < -0.39 is 0 Å². The van der Waals surface area contributed by atoms with Crippen LogP contribution >= 0.6 is 0 Å². The van der Waals surface area contributed by atoms with Gasteiger partial charge in [-0.05, 0) is 61.3 Å². The number of aliphatic hydroxyl groups is 1. The Balaban J connectivity index is 1.65. The third-order valence-corrected chi connectivity index (χ3v) is 7.21. The van der Waals surface area contributed by atoms with Crippen molar-refractivity contribution in [2.24, 2.45) is 5.92 Å². The molecule has 0 radical (unpaired) electrons. The lowest BCUT2D eigenvalue weighted by atomic mass is 9.83. The number of rotatable bonds is 7. The van der Waals surface area contributed by atoms with Gasteiger partial charge >= 0.3 is 0 Å². The van der Waals surface area contributed by atoms with Crippen molar-refractivity contribution in [1.29, 1.82) is 5.26 Å². The Bertz CT molecular complexity index is 932. The van der Waals surface area contributed by atoms with Gasteiger partial charge in [0.05, 0.1) is 42.7 Å². The third kappa shape index (κ3) is 5.03. The number of nitriles is 1. The Morgan fingerprint density at radius 2 is 2.09 bits per heavy atom. The lowest BCUT2D eigenvalue weighted by Crippen LogP contribution is -2.58. The minimum absolute atomic E-state index is 0.00696. The molecule has 0 bridgehead atoms. The van der Waals surface area contributed by atoms with Gasteiger partial charge in [0, 0.05) is 26.1 Å². The molecule has 180 valence electrons. The molecular formula is C26H37N3O4. The number of carbonyl (C=O) groups is 1. The van der Waals surface area contributed by atoms with Crippen molar-refractivity contribution in [3.8, 4) is 6.07 Å². The minimum Gasteiger partial charge on any atom is -0.394 e. The highest BCUT2D eigenvalue weighted by Gasteiger charge is 2.38. The van der Waals surface area contributed by atoms with Crippen molar-refractivity contribution < 1.29 is 19.4 Å². The van der Waals surface area contributed by atoms with Crippen molar-refractivity contribution in [3.63, 3.8) is 0 Å². The summed E-state index contributed by atoms with van der Waals surface area (Å²) in [5.74, 6) is 0.806. The zero-order chi connectivity index (χ0) is 23.8. The molecular weight excluding hydrogens is 418 g/mol. The maximum Gasteiger partial charge on any atom is 0.248 e. The van der Waals surface area contributed by atoms with E-state index in [9.17, 15) is 10.1 Å². The standard InChI is InChI=1S/C26H37N3O4/c1-17(2)24-14-28(7-8-29(24)25(31)16-32-10-9-30)23-11-19(18-5-6-18)22-15-33-26(3,4)12-20(22)21(23)13-27/h11,17-18,24,30H,5-10,12,14-16H2,1-4H3. The molecule has 1 atom stereocenters. The molecule has 7 nitrogen and oxygen atoms in total. The first kappa shape index (κ1) is 24.0. The van der Waals surface area contributed by atoms with Gasteiger partial charge in [-0.3, -0.25) is 4.79 Å². The summed E-state index contributed by atoms with van der Waals surface area (Å²) in [6, 6.07) is 4.82. The summed E-state index contributed by atoms with van der Waals surface area (Å²) in [6.07, 6.45) is 3.14. The molecule has 7 heteroatoms. The molecule has 1 aliphatic carbocycles. The van der Waals surface area contributed by atoms with E-state index in [1.807, 2.05) is 4.90 Å². The number of hydrogen-bond acceptors (Lipinski definition) is 6. The average molecular weight is 456 g/mol.